The van der Waals surface area contributed by atoms with Crippen molar-refractivity contribution >= 4 is 35.2 Å². The van der Waals surface area contributed by atoms with E-state index in [1.165, 1.54) is 4.90 Å². The molecular weight excluding hydrogens is 450 g/mol. The lowest BCUT2D eigenvalue weighted by Gasteiger charge is -2.16. The first kappa shape index (κ1) is 21.7. The van der Waals surface area contributed by atoms with Crippen LogP contribution in [-0.2, 0) is 4.79 Å². The van der Waals surface area contributed by atoms with Crippen molar-refractivity contribution in [3.8, 4) is 17.2 Å². The van der Waals surface area contributed by atoms with Crippen LogP contribution in [0, 0.1) is 13.8 Å². The number of rotatable bonds is 4. The summed E-state index contributed by atoms with van der Waals surface area (Å²) in [5, 5.41) is 7.99. The van der Waals surface area contributed by atoms with Crippen LogP contribution in [0.3, 0.4) is 0 Å². The second-order valence-electron chi connectivity index (χ2n) is 7.85. The normalized spacial score (nSPS) is 15.6. The van der Waals surface area contributed by atoms with Gasteiger partial charge in [-0.2, -0.15) is 9.78 Å². The number of hydrogen-bond acceptors (Lipinski definition) is 6. The number of nitrogens with one attached hydrogen (secondary N) is 1. The highest BCUT2D eigenvalue weighted by Crippen LogP contribution is 2.46. The molecule has 0 radical (unpaired) electrons. The van der Waals surface area contributed by atoms with Crippen LogP contribution in [0.25, 0.3) is 17.2 Å². The zero-order valence-electron chi connectivity index (χ0n) is 18.6. The van der Waals surface area contributed by atoms with Gasteiger partial charge in [0.2, 0.25) is 5.91 Å². The number of carbonyl (C=O) groups excluding carboxylic acids is 1. The standard InChI is InChI=1S/C25H23N5OS2/c1-15-13-16(2)27-25(26-15)30-24-21(22(29-30)17-7-5-4-6-8-17)23(33-14-20(31)28-24)18-9-11-19(32-3)12-10-18/h4-13,23H,14H2,1-3H3,(H,28,31)/t23-/m0/s1. The Morgan fingerprint density at radius 3 is 2.39 bits per heavy atom. The van der Waals surface area contributed by atoms with Gasteiger partial charge < -0.3 is 5.32 Å². The Labute approximate surface area is 201 Å². The van der Waals surface area contributed by atoms with Crippen molar-refractivity contribution in [3.05, 3.63) is 83.2 Å². The number of aromatic nitrogens is 4. The third-order valence-corrected chi connectivity index (χ3v) is 7.46. The average molecular weight is 474 g/mol. The quantitative estimate of drug-likeness (QED) is 0.398. The Morgan fingerprint density at radius 1 is 1.03 bits per heavy atom. The van der Waals surface area contributed by atoms with Gasteiger partial charge in [-0.1, -0.05) is 42.5 Å². The smallest absolute Gasteiger partial charge is 0.252 e. The van der Waals surface area contributed by atoms with Crippen LogP contribution >= 0.6 is 23.5 Å². The van der Waals surface area contributed by atoms with Gasteiger partial charge in [0.25, 0.3) is 5.95 Å². The molecule has 0 saturated heterocycles. The van der Waals surface area contributed by atoms with Crippen molar-refractivity contribution < 1.29 is 4.79 Å². The second-order valence-corrected chi connectivity index (χ2v) is 9.82. The van der Waals surface area contributed by atoms with Crippen molar-refractivity contribution in [2.75, 3.05) is 17.3 Å². The van der Waals surface area contributed by atoms with Crippen LogP contribution in [0.5, 0.6) is 0 Å². The number of benzene rings is 2. The Kier molecular flexibility index (Phi) is 5.95. The summed E-state index contributed by atoms with van der Waals surface area (Å²) in [6.07, 6.45) is 2.07. The zero-order valence-corrected chi connectivity index (χ0v) is 20.2. The van der Waals surface area contributed by atoms with Gasteiger partial charge in [-0.25, -0.2) is 9.97 Å². The first-order valence-corrected chi connectivity index (χ1v) is 12.9. The van der Waals surface area contributed by atoms with Crippen LogP contribution in [0.15, 0.2) is 65.6 Å². The summed E-state index contributed by atoms with van der Waals surface area (Å²) < 4.78 is 1.69. The van der Waals surface area contributed by atoms with Crippen LogP contribution < -0.4 is 5.32 Å². The maximum atomic E-state index is 12.8. The molecule has 6 nitrogen and oxygen atoms in total. The van der Waals surface area contributed by atoms with Crippen LogP contribution in [-0.4, -0.2) is 37.7 Å². The van der Waals surface area contributed by atoms with E-state index in [2.05, 4.69) is 45.8 Å². The molecule has 1 aliphatic heterocycles. The summed E-state index contributed by atoms with van der Waals surface area (Å²) in [5.74, 6) is 1.38. The fourth-order valence-electron chi connectivity index (χ4n) is 4.01. The number of aryl methyl sites for hydroxylation is 2. The molecule has 5 rings (SSSR count). The van der Waals surface area contributed by atoms with Gasteiger partial charge in [-0.05, 0) is 43.9 Å². The third-order valence-electron chi connectivity index (χ3n) is 5.45. The minimum Gasteiger partial charge on any atom is -0.309 e. The average Bonchev–Trinajstić information content (AvgIpc) is 3.09. The highest BCUT2D eigenvalue weighted by molar-refractivity contribution is 8.00. The predicted molar refractivity (Wildman–Crippen MR) is 135 cm³/mol. The number of carbonyl (C=O) groups is 1. The molecule has 4 aromatic rings. The van der Waals surface area contributed by atoms with Gasteiger partial charge in [0.1, 0.15) is 5.82 Å². The highest BCUT2D eigenvalue weighted by atomic mass is 32.2. The summed E-state index contributed by atoms with van der Waals surface area (Å²) in [5.41, 5.74) is 5.61. The van der Waals surface area contributed by atoms with E-state index >= 15 is 0 Å². The number of anilines is 1. The summed E-state index contributed by atoms with van der Waals surface area (Å²) >= 11 is 3.32. The largest absolute Gasteiger partial charge is 0.309 e. The van der Waals surface area contributed by atoms with Crippen LogP contribution in [0.2, 0.25) is 0 Å². The van der Waals surface area contributed by atoms with Gasteiger partial charge in [-0.15, -0.1) is 23.5 Å². The molecule has 33 heavy (non-hydrogen) atoms. The first-order valence-electron chi connectivity index (χ1n) is 10.6. The number of nitrogens with zero attached hydrogens (tertiary/aromatic N) is 4. The Hall–Kier alpha value is -3.10. The molecule has 1 amide bonds. The molecule has 3 heterocycles. The first-order chi connectivity index (χ1) is 16.0. The Bertz CT molecular complexity index is 1300. The molecule has 0 fully saturated rings. The fourth-order valence-corrected chi connectivity index (χ4v) is 5.54. The lowest BCUT2D eigenvalue weighted by Crippen LogP contribution is -2.17. The molecule has 1 N–H and O–H groups in total. The Balaban J connectivity index is 1.77. The molecule has 1 aliphatic rings. The summed E-state index contributed by atoms with van der Waals surface area (Å²) in [6.45, 7) is 3.87. The highest BCUT2D eigenvalue weighted by Gasteiger charge is 2.33. The molecule has 0 spiro atoms. The molecule has 0 unspecified atom stereocenters. The second kappa shape index (κ2) is 9.03. The van der Waals surface area contributed by atoms with E-state index < -0.39 is 0 Å². The molecule has 8 heteroatoms. The number of thioether (sulfide) groups is 2. The monoisotopic (exact) mass is 473 g/mol. The lowest BCUT2D eigenvalue weighted by atomic mass is 10.00. The van der Waals surface area contributed by atoms with Crippen molar-refractivity contribution in [1.29, 1.82) is 0 Å². The maximum absolute atomic E-state index is 12.8. The van der Waals surface area contributed by atoms with Crippen molar-refractivity contribution in [1.82, 2.24) is 19.7 Å². The Morgan fingerprint density at radius 2 is 1.73 bits per heavy atom. The predicted octanol–water partition coefficient (Wildman–Crippen LogP) is 5.44. The summed E-state index contributed by atoms with van der Waals surface area (Å²) in [4.78, 5) is 23.2. The van der Waals surface area contributed by atoms with Gasteiger partial charge >= 0.3 is 0 Å². The fraction of sp³-hybridized carbons (Fsp3) is 0.200. The van der Waals surface area contributed by atoms with Gasteiger partial charge in [0.05, 0.1) is 16.7 Å². The van der Waals surface area contributed by atoms with Crippen molar-refractivity contribution in [3.63, 3.8) is 0 Å². The van der Waals surface area contributed by atoms with Gasteiger partial charge in [0.15, 0.2) is 0 Å². The maximum Gasteiger partial charge on any atom is 0.252 e. The minimum absolute atomic E-state index is 0.0605. The van der Waals surface area contributed by atoms with Gasteiger partial charge in [0, 0.05) is 27.4 Å². The number of fused-ring (bicyclic) bond motifs is 1. The molecule has 0 aliphatic carbocycles. The van der Waals surface area contributed by atoms with E-state index in [-0.39, 0.29) is 11.2 Å². The van der Waals surface area contributed by atoms with E-state index in [9.17, 15) is 4.79 Å². The van der Waals surface area contributed by atoms with E-state index in [0.717, 1.165) is 33.8 Å². The number of hydrogen-bond donors (Lipinski definition) is 1. The van der Waals surface area contributed by atoms with E-state index in [1.54, 1.807) is 28.2 Å². The summed E-state index contributed by atoms with van der Waals surface area (Å²) in [7, 11) is 0. The topological polar surface area (TPSA) is 72.7 Å². The van der Waals surface area contributed by atoms with E-state index in [1.807, 2.05) is 50.2 Å². The van der Waals surface area contributed by atoms with Crippen molar-refractivity contribution in [2.24, 2.45) is 0 Å². The number of amides is 1. The van der Waals surface area contributed by atoms with Crippen molar-refractivity contribution in [2.45, 2.75) is 24.0 Å². The van der Waals surface area contributed by atoms with Crippen LogP contribution in [0.1, 0.15) is 27.8 Å². The van der Waals surface area contributed by atoms with Gasteiger partial charge in [-0.3, -0.25) is 4.79 Å². The molecule has 0 saturated carbocycles. The van der Waals surface area contributed by atoms with E-state index in [4.69, 9.17) is 5.10 Å². The van der Waals surface area contributed by atoms with Crippen LogP contribution in [0.4, 0.5) is 5.82 Å². The van der Waals surface area contributed by atoms with E-state index in [0.29, 0.717) is 17.5 Å². The third kappa shape index (κ3) is 4.28. The molecule has 2 aromatic heterocycles. The zero-order chi connectivity index (χ0) is 22.9. The molecule has 1 atom stereocenters. The SMILES string of the molecule is CSc1ccc([C@@H]2SCC(=O)Nc3c2c(-c2ccccc2)nn3-c2nc(C)cc(C)n2)cc1. The lowest BCUT2D eigenvalue weighted by molar-refractivity contribution is -0.113. The molecular formula is C25H23N5OS2. The molecule has 166 valence electrons. The minimum atomic E-state index is -0.0651. The molecule has 2 aromatic carbocycles. The summed E-state index contributed by atoms with van der Waals surface area (Å²) in [6, 6.07) is 20.5. The molecule has 0 bridgehead atoms.